The molecule has 0 saturated heterocycles. The quantitative estimate of drug-likeness (QED) is 0.680. The highest BCUT2D eigenvalue weighted by molar-refractivity contribution is 5.81. The molecule has 3 heteroatoms. The molecule has 0 unspecified atom stereocenters. The Bertz CT molecular complexity index is 486. The molecule has 0 saturated carbocycles. The van der Waals surface area contributed by atoms with Crippen molar-refractivity contribution in [2.24, 2.45) is 4.99 Å². The third kappa shape index (κ3) is 2.31. The van der Waals surface area contributed by atoms with Crippen LogP contribution in [-0.2, 0) is 0 Å². The van der Waals surface area contributed by atoms with E-state index < -0.39 is 11.6 Å². The monoisotopic (exact) mass is 217 g/mol. The minimum atomic E-state index is -0.660. The highest BCUT2D eigenvalue weighted by Gasteiger charge is 2.05. The average molecular weight is 217 g/mol. The van der Waals surface area contributed by atoms with Gasteiger partial charge in [0.15, 0.2) is 11.6 Å². The second-order valence-electron chi connectivity index (χ2n) is 3.24. The van der Waals surface area contributed by atoms with Crippen LogP contribution < -0.4 is 0 Å². The van der Waals surface area contributed by atoms with Crippen molar-refractivity contribution in [3.8, 4) is 0 Å². The first-order chi connectivity index (χ1) is 7.77. The summed E-state index contributed by atoms with van der Waals surface area (Å²) in [4.78, 5) is 3.80. The van der Waals surface area contributed by atoms with Gasteiger partial charge in [-0.15, -0.1) is 0 Å². The van der Waals surface area contributed by atoms with Crippen LogP contribution in [0.3, 0.4) is 0 Å². The van der Waals surface area contributed by atoms with Gasteiger partial charge in [-0.1, -0.05) is 36.4 Å². The van der Waals surface area contributed by atoms with E-state index in [4.69, 9.17) is 0 Å². The minimum absolute atomic E-state index is 0.258. The molecule has 80 valence electrons. The molecule has 0 aliphatic rings. The first kappa shape index (κ1) is 10.5. The molecule has 0 bridgehead atoms. The van der Waals surface area contributed by atoms with Crippen LogP contribution in [0.2, 0.25) is 0 Å². The Kier molecular flexibility index (Phi) is 3.05. The number of nitrogens with zero attached hydrogens (tertiary/aromatic N) is 1. The molecule has 0 atom stereocenters. The molecule has 0 aliphatic heterocycles. The van der Waals surface area contributed by atoms with Crippen molar-refractivity contribution >= 4 is 11.9 Å². The summed E-state index contributed by atoms with van der Waals surface area (Å²) in [5.41, 5.74) is 0.538. The Morgan fingerprint density at radius 1 is 0.812 bits per heavy atom. The predicted molar refractivity (Wildman–Crippen MR) is 60.1 cm³/mol. The van der Waals surface area contributed by atoms with Crippen LogP contribution in [0.5, 0.6) is 0 Å². The highest BCUT2D eigenvalue weighted by Crippen LogP contribution is 2.21. The molecule has 0 N–H and O–H groups in total. The SMILES string of the molecule is Fc1cccc(F)c1/N=C/c1ccccc1. The summed E-state index contributed by atoms with van der Waals surface area (Å²) in [6.07, 6.45) is 1.43. The fourth-order valence-corrected chi connectivity index (χ4v) is 1.29. The Labute approximate surface area is 92.1 Å². The van der Waals surface area contributed by atoms with E-state index in [9.17, 15) is 8.78 Å². The lowest BCUT2D eigenvalue weighted by Crippen LogP contribution is -1.84. The van der Waals surface area contributed by atoms with Crippen molar-refractivity contribution in [3.63, 3.8) is 0 Å². The normalized spacial score (nSPS) is 10.9. The summed E-state index contributed by atoms with van der Waals surface area (Å²) < 4.78 is 26.4. The molecule has 0 fully saturated rings. The van der Waals surface area contributed by atoms with Gasteiger partial charge in [-0.25, -0.2) is 8.78 Å². The number of hydrogen-bond donors (Lipinski definition) is 0. The molecule has 0 aliphatic carbocycles. The van der Waals surface area contributed by atoms with Crippen molar-refractivity contribution in [1.29, 1.82) is 0 Å². The van der Waals surface area contributed by atoms with Crippen LogP contribution in [0.15, 0.2) is 53.5 Å². The molecule has 0 spiro atoms. The maximum absolute atomic E-state index is 13.2. The summed E-state index contributed by atoms with van der Waals surface area (Å²) in [6.45, 7) is 0. The van der Waals surface area contributed by atoms with Crippen molar-refractivity contribution in [1.82, 2.24) is 0 Å². The molecule has 0 aromatic heterocycles. The summed E-state index contributed by atoms with van der Waals surface area (Å²) in [5.74, 6) is -1.32. The summed E-state index contributed by atoms with van der Waals surface area (Å²) in [7, 11) is 0. The van der Waals surface area contributed by atoms with Gasteiger partial charge in [-0.05, 0) is 17.7 Å². The van der Waals surface area contributed by atoms with Crippen molar-refractivity contribution < 1.29 is 8.78 Å². The predicted octanol–water partition coefficient (Wildman–Crippen LogP) is 3.72. The molecule has 16 heavy (non-hydrogen) atoms. The Morgan fingerprint density at radius 2 is 1.44 bits per heavy atom. The van der Waals surface area contributed by atoms with Gasteiger partial charge >= 0.3 is 0 Å². The van der Waals surface area contributed by atoms with Gasteiger partial charge in [0, 0.05) is 6.21 Å². The van der Waals surface area contributed by atoms with E-state index in [1.54, 1.807) is 0 Å². The van der Waals surface area contributed by atoms with E-state index >= 15 is 0 Å². The van der Waals surface area contributed by atoms with E-state index in [-0.39, 0.29) is 5.69 Å². The minimum Gasteiger partial charge on any atom is -0.250 e. The van der Waals surface area contributed by atoms with Gasteiger partial charge in [-0.2, -0.15) is 0 Å². The first-order valence-corrected chi connectivity index (χ1v) is 4.80. The van der Waals surface area contributed by atoms with Crippen LogP contribution in [0, 0.1) is 11.6 Å². The summed E-state index contributed by atoms with van der Waals surface area (Å²) in [5, 5.41) is 0. The maximum atomic E-state index is 13.2. The maximum Gasteiger partial charge on any atom is 0.151 e. The number of aliphatic imine (C=N–C) groups is 1. The van der Waals surface area contributed by atoms with Crippen LogP contribution in [0.25, 0.3) is 0 Å². The van der Waals surface area contributed by atoms with Crippen LogP contribution >= 0.6 is 0 Å². The fourth-order valence-electron chi connectivity index (χ4n) is 1.29. The molecule has 0 radical (unpaired) electrons. The van der Waals surface area contributed by atoms with E-state index in [1.165, 1.54) is 24.4 Å². The zero-order valence-corrected chi connectivity index (χ0v) is 8.40. The van der Waals surface area contributed by atoms with Crippen LogP contribution in [0.4, 0.5) is 14.5 Å². The fraction of sp³-hybridized carbons (Fsp3) is 0. The van der Waals surface area contributed by atoms with Crippen LogP contribution in [-0.4, -0.2) is 6.21 Å². The van der Waals surface area contributed by atoms with E-state index in [0.717, 1.165) is 5.56 Å². The van der Waals surface area contributed by atoms with Gasteiger partial charge < -0.3 is 0 Å². The van der Waals surface area contributed by atoms with E-state index in [1.807, 2.05) is 30.3 Å². The molecular formula is C13H9F2N. The molecular weight excluding hydrogens is 208 g/mol. The van der Waals surface area contributed by atoms with Crippen molar-refractivity contribution in [3.05, 3.63) is 65.7 Å². The summed E-state index contributed by atoms with van der Waals surface area (Å²) in [6, 6.07) is 12.8. The van der Waals surface area contributed by atoms with Crippen molar-refractivity contribution in [2.45, 2.75) is 0 Å². The lowest BCUT2D eigenvalue weighted by Gasteiger charge is -1.97. The largest absolute Gasteiger partial charge is 0.250 e. The number of benzene rings is 2. The Hall–Kier alpha value is -2.03. The number of halogens is 2. The van der Waals surface area contributed by atoms with Crippen LogP contribution in [0.1, 0.15) is 5.56 Å². The standard InChI is InChI=1S/C13H9F2N/c14-11-7-4-8-12(15)13(11)16-9-10-5-2-1-3-6-10/h1-9H/b16-9+. The van der Waals surface area contributed by atoms with Gasteiger partial charge in [0.2, 0.25) is 0 Å². The first-order valence-electron chi connectivity index (χ1n) is 4.80. The van der Waals surface area contributed by atoms with Gasteiger partial charge in [-0.3, -0.25) is 4.99 Å². The lowest BCUT2D eigenvalue weighted by molar-refractivity contribution is 0.587. The van der Waals surface area contributed by atoms with Gasteiger partial charge in [0.1, 0.15) is 5.69 Å². The molecule has 1 nitrogen and oxygen atoms in total. The average Bonchev–Trinajstić information content (AvgIpc) is 2.30. The second-order valence-corrected chi connectivity index (χ2v) is 3.24. The Morgan fingerprint density at radius 3 is 2.06 bits per heavy atom. The number of para-hydroxylation sites is 1. The lowest BCUT2D eigenvalue weighted by atomic mass is 10.2. The Balaban J connectivity index is 2.31. The third-order valence-electron chi connectivity index (χ3n) is 2.08. The zero-order valence-electron chi connectivity index (χ0n) is 8.40. The number of hydrogen-bond acceptors (Lipinski definition) is 1. The smallest absolute Gasteiger partial charge is 0.151 e. The second kappa shape index (κ2) is 4.66. The molecule has 2 aromatic carbocycles. The summed E-state index contributed by atoms with van der Waals surface area (Å²) >= 11 is 0. The van der Waals surface area contributed by atoms with E-state index in [2.05, 4.69) is 4.99 Å². The van der Waals surface area contributed by atoms with Gasteiger partial charge in [0.05, 0.1) is 0 Å². The molecule has 2 aromatic rings. The van der Waals surface area contributed by atoms with E-state index in [0.29, 0.717) is 0 Å². The number of rotatable bonds is 2. The highest BCUT2D eigenvalue weighted by atomic mass is 19.1. The molecule has 0 amide bonds. The third-order valence-corrected chi connectivity index (χ3v) is 2.08. The molecule has 0 heterocycles. The topological polar surface area (TPSA) is 12.4 Å². The zero-order chi connectivity index (χ0) is 11.4. The van der Waals surface area contributed by atoms with Gasteiger partial charge in [0.25, 0.3) is 0 Å². The molecule has 2 rings (SSSR count). The van der Waals surface area contributed by atoms with Crippen molar-refractivity contribution in [2.75, 3.05) is 0 Å².